The molecule has 0 aromatic carbocycles. The first-order valence-electron chi connectivity index (χ1n) is 5.06. The van der Waals surface area contributed by atoms with Gasteiger partial charge in [0.25, 0.3) is 0 Å². The quantitative estimate of drug-likeness (QED) is 0.769. The van der Waals surface area contributed by atoms with Gasteiger partial charge in [-0.2, -0.15) is 0 Å². The molecule has 0 bridgehead atoms. The standard InChI is InChI=1S/C10H14ClN3O/c11-8-4-9(14-7-13-8)12-5-10(6-15)2-1-3-10/h4,7,15H,1-3,5-6H2,(H,12,13,14). The Labute approximate surface area is 93.7 Å². The van der Waals surface area contributed by atoms with Gasteiger partial charge in [-0.25, -0.2) is 9.97 Å². The molecule has 4 nitrogen and oxygen atoms in total. The molecule has 0 saturated heterocycles. The lowest BCUT2D eigenvalue weighted by Gasteiger charge is -2.40. The SMILES string of the molecule is OCC1(CNc2cc(Cl)ncn2)CCC1. The number of anilines is 1. The van der Waals surface area contributed by atoms with E-state index in [1.165, 1.54) is 12.7 Å². The average Bonchev–Trinajstić information content (AvgIpc) is 2.17. The molecule has 0 atom stereocenters. The maximum Gasteiger partial charge on any atom is 0.134 e. The summed E-state index contributed by atoms with van der Waals surface area (Å²) in [5.74, 6) is 0.717. The smallest absolute Gasteiger partial charge is 0.134 e. The van der Waals surface area contributed by atoms with Crippen molar-refractivity contribution in [3.63, 3.8) is 0 Å². The van der Waals surface area contributed by atoms with Crippen LogP contribution in [0.2, 0.25) is 5.15 Å². The van der Waals surface area contributed by atoms with Crippen LogP contribution in [0.1, 0.15) is 19.3 Å². The molecule has 82 valence electrons. The van der Waals surface area contributed by atoms with E-state index < -0.39 is 0 Å². The van der Waals surface area contributed by atoms with Gasteiger partial charge in [0, 0.05) is 18.0 Å². The van der Waals surface area contributed by atoms with Crippen molar-refractivity contribution < 1.29 is 5.11 Å². The van der Waals surface area contributed by atoms with Gasteiger partial charge < -0.3 is 10.4 Å². The summed E-state index contributed by atoms with van der Waals surface area (Å²) in [6, 6.07) is 1.69. The summed E-state index contributed by atoms with van der Waals surface area (Å²) in [7, 11) is 0. The second kappa shape index (κ2) is 4.33. The van der Waals surface area contributed by atoms with E-state index in [9.17, 15) is 5.11 Å². The zero-order valence-electron chi connectivity index (χ0n) is 8.41. The Kier molecular flexibility index (Phi) is 3.07. The molecule has 1 heterocycles. The Balaban J connectivity index is 1.92. The van der Waals surface area contributed by atoms with E-state index in [2.05, 4.69) is 15.3 Å². The summed E-state index contributed by atoms with van der Waals surface area (Å²) < 4.78 is 0. The van der Waals surface area contributed by atoms with Crippen LogP contribution in [0.15, 0.2) is 12.4 Å². The van der Waals surface area contributed by atoms with Crippen LogP contribution in [0.4, 0.5) is 5.82 Å². The molecule has 2 rings (SSSR count). The predicted molar refractivity (Wildman–Crippen MR) is 58.9 cm³/mol. The van der Waals surface area contributed by atoms with Gasteiger partial charge in [0.05, 0.1) is 6.61 Å². The Morgan fingerprint density at radius 3 is 2.80 bits per heavy atom. The van der Waals surface area contributed by atoms with Gasteiger partial charge in [0.1, 0.15) is 17.3 Å². The predicted octanol–water partition coefficient (Wildman–Crippen LogP) is 1.70. The molecule has 0 spiro atoms. The molecule has 0 amide bonds. The first kappa shape index (κ1) is 10.6. The number of aliphatic hydroxyl groups is 1. The van der Waals surface area contributed by atoms with E-state index in [1.54, 1.807) is 6.07 Å². The van der Waals surface area contributed by atoms with Crippen molar-refractivity contribution in [3.8, 4) is 0 Å². The largest absolute Gasteiger partial charge is 0.396 e. The molecule has 0 aliphatic heterocycles. The fourth-order valence-electron chi connectivity index (χ4n) is 1.78. The summed E-state index contributed by atoms with van der Waals surface area (Å²) in [5.41, 5.74) is 0.0530. The monoisotopic (exact) mass is 227 g/mol. The molecule has 0 radical (unpaired) electrons. The second-order valence-electron chi connectivity index (χ2n) is 4.09. The number of nitrogens with zero attached hydrogens (tertiary/aromatic N) is 2. The topological polar surface area (TPSA) is 58.0 Å². The number of nitrogens with one attached hydrogen (secondary N) is 1. The van der Waals surface area contributed by atoms with Crippen molar-refractivity contribution in [1.82, 2.24) is 9.97 Å². The van der Waals surface area contributed by atoms with E-state index in [-0.39, 0.29) is 12.0 Å². The number of hydrogen-bond acceptors (Lipinski definition) is 4. The maximum atomic E-state index is 9.27. The van der Waals surface area contributed by atoms with Crippen LogP contribution in [0.5, 0.6) is 0 Å². The third-order valence-electron chi connectivity index (χ3n) is 3.03. The normalized spacial score (nSPS) is 18.3. The molecule has 1 aliphatic carbocycles. The highest BCUT2D eigenvalue weighted by Gasteiger charge is 2.36. The summed E-state index contributed by atoms with van der Waals surface area (Å²) in [6.45, 7) is 0.982. The van der Waals surface area contributed by atoms with Crippen molar-refractivity contribution in [2.45, 2.75) is 19.3 Å². The first-order valence-corrected chi connectivity index (χ1v) is 5.44. The number of hydrogen-bond donors (Lipinski definition) is 2. The van der Waals surface area contributed by atoms with E-state index in [0.29, 0.717) is 5.15 Å². The van der Waals surface area contributed by atoms with Crippen molar-refractivity contribution in [2.24, 2.45) is 5.41 Å². The van der Waals surface area contributed by atoms with E-state index >= 15 is 0 Å². The summed E-state index contributed by atoms with van der Waals surface area (Å²) in [6.07, 6.45) is 4.79. The van der Waals surface area contributed by atoms with E-state index in [0.717, 1.165) is 25.2 Å². The third-order valence-corrected chi connectivity index (χ3v) is 3.23. The highest BCUT2D eigenvalue weighted by Crippen LogP contribution is 2.40. The molecular weight excluding hydrogens is 214 g/mol. The van der Waals surface area contributed by atoms with Crippen molar-refractivity contribution in [3.05, 3.63) is 17.5 Å². The average molecular weight is 228 g/mol. The van der Waals surface area contributed by atoms with Gasteiger partial charge in [0.15, 0.2) is 0 Å². The van der Waals surface area contributed by atoms with Crippen LogP contribution in [0, 0.1) is 5.41 Å². The van der Waals surface area contributed by atoms with Gasteiger partial charge in [0.2, 0.25) is 0 Å². The minimum Gasteiger partial charge on any atom is -0.396 e. The van der Waals surface area contributed by atoms with Gasteiger partial charge in [-0.3, -0.25) is 0 Å². The molecule has 15 heavy (non-hydrogen) atoms. The first-order chi connectivity index (χ1) is 7.24. The Morgan fingerprint density at radius 1 is 1.47 bits per heavy atom. The molecule has 1 aromatic heterocycles. The van der Waals surface area contributed by atoms with Crippen molar-refractivity contribution in [2.75, 3.05) is 18.5 Å². The molecule has 1 fully saturated rings. The summed E-state index contributed by atoms with van der Waals surface area (Å²) >= 11 is 5.74. The fraction of sp³-hybridized carbons (Fsp3) is 0.600. The van der Waals surface area contributed by atoms with Gasteiger partial charge in [-0.05, 0) is 12.8 Å². The van der Waals surface area contributed by atoms with Crippen LogP contribution >= 0.6 is 11.6 Å². The lowest BCUT2D eigenvalue weighted by molar-refractivity contribution is 0.0576. The number of aromatic nitrogens is 2. The van der Waals surface area contributed by atoms with Crippen molar-refractivity contribution in [1.29, 1.82) is 0 Å². The van der Waals surface area contributed by atoms with Gasteiger partial charge in [-0.15, -0.1) is 0 Å². The van der Waals surface area contributed by atoms with Crippen molar-refractivity contribution >= 4 is 17.4 Å². The number of aliphatic hydroxyl groups excluding tert-OH is 1. The Morgan fingerprint density at radius 2 is 2.27 bits per heavy atom. The highest BCUT2D eigenvalue weighted by atomic mass is 35.5. The minimum atomic E-state index is 0.0530. The maximum absolute atomic E-state index is 9.27. The van der Waals surface area contributed by atoms with Crippen LogP contribution in [-0.2, 0) is 0 Å². The lowest BCUT2D eigenvalue weighted by Crippen LogP contribution is -2.39. The second-order valence-corrected chi connectivity index (χ2v) is 4.48. The lowest BCUT2D eigenvalue weighted by atomic mass is 9.69. The zero-order chi connectivity index (χ0) is 10.7. The molecule has 2 N–H and O–H groups in total. The molecule has 1 saturated carbocycles. The Bertz CT molecular complexity index is 336. The van der Waals surface area contributed by atoms with Gasteiger partial charge in [-0.1, -0.05) is 18.0 Å². The van der Waals surface area contributed by atoms with E-state index in [1.807, 2.05) is 0 Å². The minimum absolute atomic E-state index is 0.0530. The molecule has 1 aromatic rings. The highest BCUT2D eigenvalue weighted by molar-refractivity contribution is 6.29. The van der Waals surface area contributed by atoms with E-state index in [4.69, 9.17) is 11.6 Å². The Hall–Kier alpha value is -0.870. The van der Waals surface area contributed by atoms with Gasteiger partial charge >= 0.3 is 0 Å². The zero-order valence-corrected chi connectivity index (χ0v) is 9.17. The molecule has 1 aliphatic rings. The summed E-state index contributed by atoms with van der Waals surface area (Å²) in [5, 5.41) is 12.9. The number of halogens is 1. The fourth-order valence-corrected chi connectivity index (χ4v) is 1.92. The van der Waals surface area contributed by atoms with Crippen LogP contribution < -0.4 is 5.32 Å². The molecule has 0 unspecified atom stereocenters. The number of rotatable bonds is 4. The third kappa shape index (κ3) is 2.38. The van der Waals surface area contributed by atoms with Crippen LogP contribution in [-0.4, -0.2) is 28.2 Å². The van der Waals surface area contributed by atoms with Crippen LogP contribution in [0.3, 0.4) is 0 Å². The molecule has 5 heteroatoms. The molecular formula is C10H14ClN3O. The van der Waals surface area contributed by atoms with Crippen LogP contribution in [0.25, 0.3) is 0 Å². The summed E-state index contributed by atoms with van der Waals surface area (Å²) in [4.78, 5) is 7.85.